The molecule has 5 amide bonds. The van der Waals surface area contributed by atoms with Crippen LogP contribution in [-0.2, 0) is 23.9 Å². The number of rotatable bonds is 17. The van der Waals surface area contributed by atoms with Crippen molar-refractivity contribution in [3.8, 4) is 11.4 Å². The highest BCUT2D eigenvalue weighted by Gasteiger charge is 2.44. The predicted octanol–water partition coefficient (Wildman–Crippen LogP) is 3.06. The van der Waals surface area contributed by atoms with E-state index in [1.165, 1.54) is 6.07 Å². The highest BCUT2D eigenvalue weighted by atomic mass is 19.1. The van der Waals surface area contributed by atoms with Crippen molar-refractivity contribution in [3.63, 3.8) is 0 Å². The topological polar surface area (TPSA) is 196 Å². The third kappa shape index (κ3) is 9.67. The van der Waals surface area contributed by atoms with Gasteiger partial charge in [-0.05, 0) is 79.4 Å². The summed E-state index contributed by atoms with van der Waals surface area (Å²) in [5.74, 6) is -0.831. The first-order valence-electron chi connectivity index (χ1n) is 22.0. The number of ether oxygens (including phenoxy) is 2. The van der Waals surface area contributed by atoms with Gasteiger partial charge >= 0.3 is 0 Å². The summed E-state index contributed by atoms with van der Waals surface area (Å²) < 4.78 is 27.2. The highest BCUT2D eigenvalue weighted by molar-refractivity contribution is 6.23. The van der Waals surface area contributed by atoms with Crippen LogP contribution in [0, 0.1) is 5.82 Å². The molecule has 5 aromatic rings. The second-order valence-corrected chi connectivity index (χ2v) is 16.4. The average Bonchev–Trinajstić information content (AvgIpc) is 4.04. The molecule has 1 unspecified atom stereocenters. The third-order valence-electron chi connectivity index (χ3n) is 12.1. The second kappa shape index (κ2) is 19.5. The minimum atomic E-state index is -1.01. The number of aromatic nitrogens is 4. The fourth-order valence-electron chi connectivity index (χ4n) is 8.86. The lowest BCUT2D eigenvalue weighted by Gasteiger charge is -2.35. The van der Waals surface area contributed by atoms with Crippen LogP contribution in [-0.4, -0.2) is 144 Å². The third-order valence-corrected chi connectivity index (χ3v) is 12.1. The van der Waals surface area contributed by atoms with Crippen LogP contribution in [0.15, 0.2) is 79.0 Å². The Balaban J connectivity index is 0.659. The van der Waals surface area contributed by atoms with Crippen LogP contribution in [0.25, 0.3) is 17.0 Å². The Morgan fingerprint density at radius 2 is 1.60 bits per heavy atom. The zero-order chi connectivity index (χ0) is 44.9. The van der Waals surface area contributed by atoms with E-state index in [-0.39, 0.29) is 48.3 Å². The lowest BCUT2D eigenvalue weighted by atomic mass is 10.0. The van der Waals surface area contributed by atoms with Gasteiger partial charge in [-0.25, -0.2) is 18.9 Å². The van der Waals surface area contributed by atoms with Crippen LogP contribution in [0.5, 0.6) is 0 Å². The minimum Gasteiger partial charge on any atom is -0.383 e. The van der Waals surface area contributed by atoms with Gasteiger partial charge in [0.1, 0.15) is 29.2 Å². The van der Waals surface area contributed by atoms with Gasteiger partial charge in [0.05, 0.1) is 62.0 Å². The number of pyridine rings is 1. The van der Waals surface area contributed by atoms with Gasteiger partial charge in [-0.15, -0.1) is 5.10 Å². The van der Waals surface area contributed by atoms with E-state index in [1.807, 2.05) is 40.9 Å². The van der Waals surface area contributed by atoms with Crippen LogP contribution in [0.2, 0.25) is 0 Å². The summed E-state index contributed by atoms with van der Waals surface area (Å²) in [6.45, 7) is 6.19. The Hall–Kier alpha value is -6.83. The van der Waals surface area contributed by atoms with Crippen molar-refractivity contribution >= 4 is 52.5 Å². The van der Waals surface area contributed by atoms with Crippen LogP contribution < -0.4 is 25.8 Å². The smallest absolute Gasteiger partial charge is 0.262 e. The summed E-state index contributed by atoms with van der Waals surface area (Å²) in [7, 11) is 0. The Morgan fingerprint density at radius 3 is 2.42 bits per heavy atom. The number of halogens is 1. The Kier molecular flexibility index (Phi) is 13.0. The predicted molar refractivity (Wildman–Crippen MR) is 237 cm³/mol. The Morgan fingerprint density at radius 1 is 0.800 bits per heavy atom. The summed E-state index contributed by atoms with van der Waals surface area (Å²) in [5.41, 5.74) is 4.24. The molecule has 0 radical (unpaired) electrons. The zero-order valence-corrected chi connectivity index (χ0v) is 35.8. The van der Waals surface area contributed by atoms with Crippen molar-refractivity contribution in [3.05, 3.63) is 102 Å². The first-order valence-corrected chi connectivity index (χ1v) is 22.0. The van der Waals surface area contributed by atoms with Gasteiger partial charge in [0.15, 0.2) is 5.65 Å². The first-order chi connectivity index (χ1) is 31.7. The van der Waals surface area contributed by atoms with Gasteiger partial charge < -0.3 is 29.9 Å². The van der Waals surface area contributed by atoms with Crippen LogP contribution in [0.1, 0.15) is 58.0 Å². The number of amides is 5. The number of imide groups is 2. The fraction of sp³-hybridized carbons (Fsp3) is 0.391. The molecule has 65 heavy (non-hydrogen) atoms. The van der Waals surface area contributed by atoms with Gasteiger partial charge in [0.25, 0.3) is 11.8 Å². The van der Waals surface area contributed by atoms with Gasteiger partial charge in [0.2, 0.25) is 17.7 Å². The zero-order valence-electron chi connectivity index (χ0n) is 35.8. The van der Waals surface area contributed by atoms with Crippen LogP contribution >= 0.6 is 0 Å². The number of benzene rings is 2. The molecule has 338 valence electrons. The number of piperazine rings is 1. The molecule has 3 saturated heterocycles. The van der Waals surface area contributed by atoms with E-state index in [0.717, 1.165) is 52.9 Å². The summed E-state index contributed by atoms with van der Waals surface area (Å²) in [4.78, 5) is 79.7. The van der Waals surface area contributed by atoms with Crippen molar-refractivity contribution in [2.45, 2.75) is 37.8 Å². The molecule has 0 bridgehead atoms. The van der Waals surface area contributed by atoms with E-state index in [0.29, 0.717) is 77.0 Å². The fourth-order valence-corrected chi connectivity index (χ4v) is 8.86. The van der Waals surface area contributed by atoms with E-state index in [2.05, 4.69) is 35.6 Å². The maximum atomic E-state index is 14.1. The number of anilines is 3. The minimum absolute atomic E-state index is 0.0470. The molecular weight excluding hydrogens is 838 g/mol. The Labute approximate surface area is 374 Å². The summed E-state index contributed by atoms with van der Waals surface area (Å²) in [6, 6.07) is 20.5. The maximum absolute atomic E-state index is 14.1. The Bertz CT molecular complexity index is 2600. The number of carbonyl (C=O) groups is 5. The molecule has 4 aliphatic rings. The summed E-state index contributed by atoms with van der Waals surface area (Å²) in [5, 5.41) is 13.3. The van der Waals surface area contributed by atoms with E-state index in [1.54, 1.807) is 36.5 Å². The second-order valence-electron chi connectivity index (χ2n) is 16.4. The molecule has 4 aliphatic heterocycles. The van der Waals surface area contributed by atoms with E-state index < -0.39 is 29.7 Å². The molecule has 7 heterocycles. The lowest BCUT2D eigenvalue weighted by molar-refractivity contribution is -0.136. The lowest BCUT2D eigenvalue weighted by Crippen LogP contribution is -2.54. The maximum Gasteiger partial charge on any atom is 0.262 e. The average molecular weight is 888 g/mol. The van der Waals surface area contributed by atoms with Crippen molar-refractivity contribution in [1.29, 1.82) is 0 Å². The van der Waals surface area contributed by atoms with Crippen molar-refractivity contribution in [2.24, 2.45) is 0 Å². The molecule has 3 aromatic heterocycles. The number of carbonyl (C=O) groups excluding carboxylic acids is 5. The summed E-state index contributed by atoms with van der Waals surface area (Å²) in [6.07, 6.45) is 3.87. The molecule has 3 N–H and O–H groups in total. The number of hydrogen-bond acceptors (Lipinski definition) is 14. The molecule has 0 aliphatic carbocycles. The van der Waals surface area contributed by atoms with E-state index in [4.69, 9.17) is 19.6 Å². The number of nitrogens with zero attached hydrogens (tertiary/aromatic N) is 8. The highest BCUT2D eigenvalue weighted by Crippen LogP contribution is 2.36. The van der Waals surface area contributed by atoms with Crippen molar-refractivity contribution < 1.29 is 37.8 Å². The number of fused-ring (bicyclic) bond motifs is 2. The van der Waals surface area contributed by atoms with Crippen molar-refractivity contribution in [1.82, 2.24) is 40.0 Å². The molecule has 2 atom stereocenters. The van der Waals surface area contributed by atoms with Gasteiger partial charge in [-0.3, -0.25) is 39.1 Å². The van der Waals surface area contributed by atoms with Gasteiger partial charge in [-0.1, -0.05) is 18.2 Å². The SMILES string of the molecule is O=C(CN1CCN(c2cccc(-c3cnc4ccc(N5CCC[C@@H]5c5cccc(F)c5)nn34)n2)CC1)NCCOCCOCCNc1ccc2c(c1)C(=O)N(C1CCC(=O)NC1=O)C2=O. The summed E-state index contributed by atoms with van der Waals surface area (Å²) >= 11 is 0. The number of piperidine rings is 1. The van der Waals surface area contributed by atoms with Crippen LogP contribution in [0.3, 0.4) is 0 Å². The number of nitrogens with one attached hydrogen (secondary N) is 3. The molecule has 0 saturated carbocycles. The molecular formula is C46H50FN11O7. The number of imidazole rings is 1. The molecule has 19 heteroatoms. The van der Waals surface area contributed by atoms with E-state index >= 15 is 0 Å². The molecule has 2 aromatic carbocycles. The monoisotopic (exact) mass is 887 g/mol. The molecule has 9 rings (SSSR count). The normalized spacial score (nSPS) is 19.0. The van der Waals surface area contributed by atoms with Gasteiger partial charge in [0, 0.05) is 57.9 Å². The van der Waals surface area contributed by atoms with E-state index in [9.17, 15) is 28.4 Å². The molecule has 3 fully saturated rings. The molecule has 18 nitrogen and oxygen atoms in total. The number of hydrogen-bond donors (Lipinski definition) is 3. The van der Waals surface area contributed by atoms with Crippen molar-refractivity contribution in [2.75, 3.05) is 93.9 Å². The molecule has 0 spiro atoms. The largest absolute Gasteiger partial charge is 0.383 e. The van der Waals surface area contributed by atoms with Gasteiger partial charge in [-0.2, -0.15) is 0 Å². The standard InChI is InChI=1S/C46H50FN11O7/c47-31-5-1-4-30(26-31)36-7-3-17-56(36)41-13-12-39-50-28-38(58(39)53-41)35-6-2-8-40(51-35)55-20-18-54(19-21-55)29-43(60)49-16-23-65-25-24-64-22-15-48-32-9-10-33-34(27-32)46(63)57(45(33)62)37-11-14-42(59)52-44(37)61/h1-2,4-6,8-10,12-13,26-28,36-37,48H,3,7,11,14-25,29H2,(H,49,60)(H,52,59,61)/t36-,37?/m1/s1. The van der Waals surface area contributed by atoms with Crippen LogP contribution in [0.4, 0.5) is 21.7 Å². The quantitative estimate of drug-likeness (QED) is 0.0911. The first kappa shape index (κ1) is 43.4.